The fourth-order valence-corrected chi connectivity index (χ4v) is 4.46. The van der Waals surface area contributed by atoms with Gasteiger partial charge in [-0.3, -0.25) is 14.3 Å². The number of imide groups is 1. The Hall–Kier alpha value is -2.47. The van der Waals surface area contributed by atoms with Crippen molar-refractivity contribution in [2.75, 3.05) is 4.90 Å². The monoisotopic (exact) mass is 337 g/mol. The highest BCUT2D eigenvalue weighted by atomic mass is 16.5. The molecule has 1 aromatic heterocycles. The fraction of sp³-hybridized carbons (Fsp3) is 0.421. The molecule has 3 saturated heterocycles. The molecule has 25 heavy (non-hydrogen) atoms. The summed E-state index contributed by atoms with van der Waals surface area (Å²) in [6, 6.07) is 9.87. The molecule has 3 fully saturated rings. The van der Waals surface area contributed by atoms with Crippen molar-refractivity contribution in [2.45, 2.75) is 38.5 Å². The molecule has 0 N–H and O–H groups in total. The van der Waals surface area contributed by atoms with Crippen molar-refractivity contribution in [1.82, 2.24) is 9.78 Å². The average Bonchev–Trinajstić information content (AvgIpc) is 3.35. The van der Waals surface area contributed by atoms with Crippen LogP contribution in [0.15, 0.2) is 36.5 Å². The number of hydrogen-bond acceptors (Lipinski definition) is 4. The zero-order valence-corrected chi connectivity index (χ0v) is 14.0. The fourth-order valence-electron chi connectivity index (χ4n) is 4.46. The summed E-state index contributed by atoms with van der Waals surface area (Å²) in [4.78, 5) is 26.8. The number of hydrogen-bond donors (Lipinski definition) is 0. The topological polar surface area (TPSA) is 64.4 Å². The molecule has 0 spiro atoms. The van der Waals surface area contributed by atoms with Gasteiger partial charge in [-0.1, -0.05) is 24.3 Å². The van der Waals surface area contributed by atoms with Gasteiger partial charge in [-0.25, -0.2) is 4.90 Å². The third kappa shape index (κ3) is 2.10. The molecule has 0 radical (unpaired) electrons. The lowest BCUT2D eigenvalue weighted by molar-refractivity contribution is -0.124. The van der Waals surface area contributed by atoms with Crippen LogP contribution in [-0.2, 0) is 20.9 Å². The standard InChI is InChI=1S/C19H19N3O3/c1-11-4-2-3-5-12(11)10-21-9-8-15(20-21)22-18(23)16-13-6-7-14(25-13)17(16)19(22)24/h2-5,8-9,13-14,16-17H,6-7,10H2,1H3/t13-,14-,16-,17-/m0/s1. The quantitative estimate of drug-likeness (QED) is 0.803. The van der Waals surface area contributed by atoms with Crippen LogP contribution in [0, 0.1) is 18.8 Å². The lowest BCUT2D eigenvalue weighted by Crippen LogP contribution is -2.34. The number of fused-ring (bicyclic) bond motifs is 5. The maximum atomic E-state index is 12.8. The summed E-state index contributed by atoms with van der Waals surface area (Å²) in [5.74, 6) is -0.496. The van der Waals surface area contributed by atoms with Gasteiger partial charge in [0.05, 0.1) is 30.6 Å². The van der Waals surface area contributed by atoms with Crippen molar-refractivity contribution in [3.63, 3.8) is 0 Å². The van der Waals surface area contributed by atoms with Gasteiger partial charge in [0, 0.05) is 12.3 Å². The molecular weight excluding hydrogens is 318 g/mol. The first-order valence-electron chi connectivity index (χ1n) is 8.75. The van der Waals surface area contributed by atoms with E-state index >= 15 is 0 Å². The molecular formula is C19H19N3O3. The zero-order chi connectivity index (χ0) is 17.1. The second-order valence-corrected chi connectivity index (χ2v) is 7.15. The van der Waals surface area contributed by atoms with Gasteiger partial charge in [-0.2, -0.15) is 5.10 Å². The second-order valence-electron chi connectivity index (χ2n) is 7.15. The number of amides is 2. The van der Waals surface area contributed by atoms with Crippen molar-refractivity contribution in [3.8, 4) is 0 Å². The largest absolute Gasteiger partial charge is 0.373 e. The van der Waals surface area contributed by atoms with E-state index in [2.05, 4.69) is 24.2 Å². The Balaban J connectivity index is 1.41. The first kappa shape index (κ1) is 14.8. The van der Waals surface area contributed by atoms with Gasteiger partial charge in [-0.15, -0.1) is 0 Å². The molecule has 2 amide bonds. The maximum Gasteiger partial charge on any atom is 0.241 e. The summed E-state index contributed by atoms with van der Waals surface area (Å²) in [6.07, 6.45) is 3.39. The smallest absolute Gasteiger partial charge is 0.241 e. The van der Waals surface area contributed by atoms with E-state index < -0.39 is 0 Å². The van der Waals surface area contributed by atoms with Crippen LogP contribution in [0.25, 0.3) is 0 Å². The number of nitrogens with zero attached hydrogens (tertiary/aromatic N) is 3. The molecule has 128 valence electrons. The van der Waals surface area contributed by atoms with Crippen LogP contribution < -0.4 is 4.90 Å². The van der Waals surface area contributed by atoms with E-state index in [-0.39, 0.29) is 35.9 Å². The molecule has 0 saturated carbocycles. The van der Waals surface area contributed by atoms with Crippen molar-refractivity contribution in [2.24, 2.45) is 11.8 Å². The predicted molar refractivity (Wildman–Crippen MR) is 89.9 cm³/mol. The zero-order valence-electron chi connectivity index (χ0n) is 14.0. The number of carbonyl (C=O) groups is 2. The lowest BCUT2D eigenvalue weighted by atomic mass is 9.81. The van der Waals surface area contributed by atoms with Crippen LogP contribution in [0.2, 0.25) is 0 Å². The van der Waals surface area contributed by atoms with Gasteiger partial charge in [0.1, 0.15) is 0 Å². The summed E-state index contributed by atoms with van der Waals surface area (Å²) in [5.41, 5.74) is 2.36. The highest BCUT2D eigenvalue weighted by molar-refractivity contribution is 6.22. The van der Waals surface area contributed by atoms with Gasteiger partial charge in [0.15, 0.2) is 5.82 Å². The van der Waals surface area contributed by atoms with Crippen molar-refractivity contribution in [3.05, 3.63) is 47.7 Å². The number of ether oxygens (including phenoxy) is 1. The van der Waals surface area contributed by atoms with Crippen LogP contribution in [0.1, 0.15) is 24.0 Å². The number of aryl methyl sites for hydroxylation is 1. The summed E-state index contributed by atoms with van der Waals surface area (Å²) in [6.45, 7) is 2.67. The number of aromatic nitrogens is 2. The second kappa shape index (κ2) is 5.26. The van der Waals surface area contributed by atoms with Gasteiger partial charge >= 0.3 is 0 Å². The minimum atomic E-state index is -0.312. The Morgan fingerprint density at radius 2 is 1.76 bits per heavy atom. The highest BCUT2D eigenvalue weighted by Crippen LogP contribution is 2.49. The molecule has 5 rings (SSSR count). The average molecular weight is 337 g/mol. The molecule has 6 nitrogen and oxygen atoms in total. The third-order valence-corrected chi connectivity index (χ3v) is 5.73. The van der Waals surface area contributed by atoms with E-state index in [0.29, 0.717) is 12.4 Å². The molecule has 4 atom stereocenters. The molecule has 3 aliphatic rings. The number of rotatable bonds is 3. The maximum absolute atomic E-state index is 12.8. The Labute approximate surface area is 145 Å². The van der Waals surface area contributed by atoms with E-state index in [1.54, 1.807) is 10.7 Å². The minimum absolute atomic E-state index is 0.0921. The molecule has 0 aliphatic carbocycles. The van der Waals surface area contributed by atoms with Crippen molar-refractivity contribution >= 4 is 17.6 Å². The van der Waals surface area contributed by atoms with Gasteiger partial charge in [0.25, 0.3) is 0 Å². The Bertz CT molecular complexity index is 846. The van der Waals surface area contributed by atoms with Crippen LogP contribution in [0.4, 0.5) is 5.82 Å². The first-order chi connectivity index (χ1) is 12.1. The van der Waals surface area contributed by atoms with E-state index in [4.69, 9.17) is 4.74 Å². The van der Waals surface area contributed by atoms with E-state index in [1.165, 1.54) is 16.0 Å². The summed E-state index contributed by atoms with van der Waals surface area (Å²) in [7, 11) is 0. The normalized spacial score (nSPS) is 30.4. The molecule has 6 heteroatoms. The van der Waals surface area contributed by atoms with Gasteiger partial charge in [-0.05, 0) is 30.9 Å². The first-order valence-corrected chi connectivity index (χ1v) is 8.75. The third-order valence-electron chi connectivity index (χ3n) is 5.73. The summed E-state index contributed by atoms with van der Waals surface area (Å²) < 4.78 is 7.54. The molecule has 4 heterocycles. The molecule has 3 aliphatic heterocycles. The number of benzene rings is 1. The number of anilines is 1. The molecule has 2 aromatic rings. The molecule has 0 unspecified atom stereocenters. The van der Waals surface area contributed by atoms with Crippen molar-refractivity contribution < 1.29 is 14.3 Å². The predicted octanol–water partition coefficient (Wildman–Crippen LogP) is 1.91. The van der Waals surface area contributed by atoms with Crippen LogP contribution in [0.3, 0.4) is 0 Å². The van der Waals surface area contributed by atoms with Gasteiger partial charge in [0.2, 0.25) is 11.8 Å². The van der Waals surface area contributed by atoms with E-state index in [9.17, 15) is 9.59 Å². The van der Waals surface area contributed by atoms with E-state index in [1.807, 2.05) is 18.3 Å². The molecule has 2 bridgehead atoms. The highest BCUT2D eigenvalue weighted by Gasteiger charge is 2.63. The van der Waals surface area contributed by atoms with Crippen molar-refractivity contribution in [1.29, 1.82) is 0 Å². The van der Waals surface area contributed by atoms with Crippen LogP contribution in [0.5, 0.6) is 0 Å². The Morgan fingerprint density at radius 3 is 2.44 bits per heavy atom. The van der Waals surface area contributed by atoms with Gasteiger partial charge < -0.3 is 4.74 Å². The van der Waals surface area contributed by atoms with Crippen LogP contribution >= 0.6 is 0 Å². The Morgan fingerprint density at radius 1 is 1.08 bits per heavy atom. The number of carbonyl (C=O) groups excluding carboxylic acids is 2. The van der Waals surface area contributed by atoms with Crippen LogP contribution in [-0.4, -0.2) is 33.8 Å². The SMILES string of the molecule is Cc1ccccc1Cn1ccc(N2C(=O)[C@@H]3[C@@H](C2=O)[C@@H]2CC[C@@H]3O2)n1. The van der Waals surface area contributed by atoms with E-state index in [0.717, 1.165) is 12.8 Å². The summed E-state index contributed by atoms with van der Waals surface area (Å²) >= 11 is 0. The Kier molecular flexibility index (Phi) is 3.12. The summed E-state index contributed by atoms with van der Waals surface area (Å²) in [5, 5.41) is 4.49. The minimum Gasteiger partial charge on any atom is -0.373 e. The lowest BCUT2D eigenvalue weighted by Gasteiger charge is -2.15. The molecule has 1 aromatic carbocycles.